The lowest BCUT2D eigenvalue weighted by molar-refractivity contribution is 0.102. The Morgan fingerprint density at radius 3 is 2.15 bits per heavy atom. The second-order valence-corrected chi connectivity index (χ2v) is 9.88. The smallest absolute Gasteiger partial charge is 0.257 e. The summed E-state index contributed by atoms with van der Waals surface area (Å²) < 4.78 is 27.0. The molecule has 0 aliphatic carbocycles. The maximum absolute atomic E-state index is 12.9. The molecular formula is C25H28ClN3O3S. The zero-order valence-electron chi connectivity index (χ0n) is 18.9. The Labute approximate surface area is 200 Å². The van der Waals surface area contributed by atoms with Crippen molar-refractivity contribution in [3.63, 3.8) is 0 Å². The van der Waals surface area contributed by atoms with Gasteiger partial charge in [-0.3, -0.25) is 4.79 Å². The summed E-state index contributed by atoms with van der Waals surface area (Å²) in [5.41, 5.74) is 2.76. The highest BCUT2D eigenvalue weighted by Crippen LogP contribution is 2.25. The van der Waals surface area contributed by atoms with Crippen molar-refractivity contribution in [3.8, 4) is 0 Å². The van der Waals surface area contributed by atoms with Gasteiger partial charge in [-0.25, -0.2) is 8.42 Å². The van der Waals surface area contributed by atoms with Crippen LogP contribution in [0.25, 0.3) is 0 Å². The van der Waals surface area contributed by atoms with Crippen molar-refractivity contribution in [3.05, 3.63) is 88.9 Å². The normalized spacial score (nSPS) is 12.4. The molecule has 0 aliphatic rings. The zero-order valence-corrected chi connectivity index (χ0v) is 20.5. The van der Waals surface area contributed by atoms with Crippen LogP contribution in [0.5, 0.6) is 0 Å². The highest BCUT2D eigenvalue weighted by atomic mass is 35.5. The molecule has 1 unspecified atom stereocenters. The first-order valence-electron chi connectivity index (χ1n) is 10.8. The van der Waals surface area contributed by atoms with E-state index in [0.717, 1.165) is 5.69 Å². The van der Waals surface area contributed by atoms with Crippen molar-refractivity contribution < 1.29 is 13.2 Å². The van der Waals surface area contributed by atoms with Crippen LogP contribution in [-0.4, -0.2) is 31.7 Å². The van der Waals surface area contributed by atoms with Crippen molar-refractivity contribution in [1.29, 1.82) is 0 Å². The first-order valence-corrected chi connectivity index (χ1v) is 12.6. The molecule has 0 aromatic heterocycles. The van der Waals surface area contributed by atoms with Gasteiger partial charge in [0.1, 0.15) is 0 Å². The van der Waals surface area contributed by atoms with Crippen molar-refractivity contribution in [1.82, 2.24) is 4.31 Å². The lowest BCUT2D eigenvalue weighted by atomic mass is 10.1. The van der Waals surface area contributed by atoms with Gasteiger partial charge >= 0.3 is 0 Å². The number of nitrogens with one attached hydrogen (secondary N) is 2. The lowest BCUT2D eigenvalue weighted by Gasteiger charge is -2.19. The van der Waals surface area contributed by atoms with E-state index in [1.165, 1.54) is 28.1 Å². The van der Waals surface area contributed by atoms with E-state index >= 15 is 0 Å². The van der Waals surface area contributed by atoms with E-state index in [4.69, 9.17) is 11.6 Å². The average Bonchev–Trinajstić information content (AvgIpc) is 2.81. The molecule has 0 heterocycles. The number of anilines is 2. The van der Waals surface area contributed by atoms with E-state index in [-0.39, 0.29) is 21.5 Å². The molecule has 0 radical (unpaired) electrons. The van der Waals surface area contributed by atoms with E-state index < -0.39 is 15.9 Å². The van der Waals surface area contributed by atoms with Crippen molar-refractivity contribution in [2.45, 2.75) is 31.7 Å². The Kier molecular flexibility index (Phi) is 8.13. The minimum Gasteiger partial charge on any atom is -0.379 e. The number of carbonyl (C=O) groups is 1. The highest BCUT2D eigenvalue weighted by molar-refractivity contribution is 7.89. The van der Waals surface area contributed by atoms with E-state index in [9.17, 15) is 13.2 Å². The molecule has 3 aromatic carbocycles. The van der Waals surface area contributed by atoms with Crippen molar-refractivity contribution in [2.24, 2.45) is 0 Å². The van der Waals surface area contributed by atoms with Gasteiger partial charge in [0.05, 0.1) is 15.5 Å². The van der Waals surface area contributed by atoms with Gasteiger partial charge in [0.25, 0.3) is 5.91 Å². The molecule has 6 nitrogen and oxygen atoms in total. The zero-order chi connectivity index (χ0) is 24.0. The molecule has 0 fully saturated rings. The summed E-state index contributed by atoms with van der Waals surface area (Å²) in [5, 5.41) is 6.39. The fourth-order valence-corrected chi connectivity index (χ4v) is 5.16. The fraction of sp³-hybridized carbons (Fsp3) is 0.240. The number of hydrogen-bond acceptors (Lipinski definition) is 4. The molecule has 33 heavy (non-hydrogen) atoms. The van der Waals surface area contributed by atoms with Gasteiger partial charge in [-0.15, -0.1) is 0 Å². The Morgan fingerprint density at radius 1 is 0.939 bits per heavy atom. The number of sulfonamides is 1. The fourth-order valence-electron chi connectivity index (χ4n) is 3.47. The number of benzene rings is 3. The number of carbonyl (C=O) groups excluding carboxylic acids is 1. The summed E-state index contributed by atoms with van der Waals surface area (Å²) in [7, 11) is -3.70. The van der Waals surface area contributed by atoms with Gasteiger partial charge in [0.2, 0.25) is 10.0 Å². The van der Waals surface area contributed by atoms with Crippen LogP contribution >= 0.6 is 11.6 Å². The lowest BCUT2D eigenvalue weighted by Crippen LogP contribution is -2.30. The van der Waals surface area contributed by atoms with Gasteiger partial charge < -0.3 is 10.6 Å². The number of halogens is 1. The Bertz CT molecular complexity index is 1200. The summed E-state index contributed by atoms with van der Waals surface area (Å²) in [4.78, 5) is 12.9. The highest BCUT2D eigenvalue weighted by Gasteiger charge is 2.24. The largest absolute Gasteiger partial charge is 0.379 e. The average molecular weight is 486 g/mol. The monoisotopic (exact) mass is 485 g/mol. The number of hydrogen-bond donors (Lipinski definition) is 2. The van der Waals surface area contributed by atoms with E-state index in [0.29, 0.717) is 18.8 Å². The predicted molar refractivity (Wildman–Crippen MR) is 134 cm³/mol. The van der Waals surface area contributed by atoms with Gasteiger partial charge in [0, 0.05) is 30.5 Å². The standard InChI is InChI=1S/C25H28ClN3O3S/c1-4-29(5-2)33(31,32)22-15-16-24(26)23(17-22)25(30)28-21-13-11-20(12-14-21)27-18(3)19-9-7-6-8-10-19/h6-18,27H,4-5H2,1-3H3,(H,28,30). The third-order valence-electron chi connectivity index (χ3n) is 5.35. The van der Waals surface area contributed by atoms with Gasteiger partial charge in [-0.2, -0.15) is 4.31 Å². The Morgan fingerprint density at radius 2 is 1.55 bits per heavy atom. The molecule has 0 saturated heterocycles. The number of amides is 1. The third-order valence-corrected chi connectivity index (χ3v) is 7.73. The van der Waals surface area contributed by atoms with Crippen LogP contribution in [-0.2, 0) is 10.0 Å². The maximum Gasteiger partial charge on any atom is 0.257 e. The molecule has 0 spiro atoms. The summed E-state index contributed by atoms with van der Waals surface area (Å²) in [6, 6.07) is 21.7. The van der Waals surface area contributed by atoms with Crippen LogP contribution < -0.4 is 10.6 Å². The SMILES string of the molecule is CCN(CC)S(=O)(=O)c1ccc(Cl)c(C(=O)Nc2ccc(NC(C)c3ccccc3)cc2)c1. The van der Waals surface area contributed by atoms with Crippen LogP contribution in [0.2, 0.25) is 5.02 Å². The Hall–Kier alpha value is -2.87. The Balaban J connectivity index is 1.73. The quantitative estimate of drug-likeness (QED) is 0.401. The topological polar surface area (TPSA) is 78.5 Å². The molecule has 1 amide bonds. The molecule has 174 valence electrons. The molecule has 1 atom stereocenters. The summed E-state index contributed by atoms with van der Waals surface area (Å²) in [6.45, 7) is 6.29. The second-order valence-electron chi connectivity index (χ2n) is 7.54. The first-order chi connectivity index (χ1) is 15.8. The first kappa shape index (κ1) is 24.8. The number of rotatable bonds is 9. The maximum atomic E-state index is 12.9. The molecule has 2 N–H and O–H groups in total. The molecule has 0 saturated carbocycles. The van der Waals surface area contributed by atoms with E-state index in [1.54, 1.807) is 26.0 Å². The summed E-state index contributed by atoms with van der Waals surface area (Å²) in [6.07, 6.45) is 0. The molecule has 8 heteroatoms. The third kappa shape index (κ3) is 5.93. The van der Waals surface area contributed by atoms with E-state index in [1.807, 2.05) is 30.3 Å². The number of nitrogens with zero attached hydrogens (tertiary/aromatic N) is 1. The van der Waals surface area contributed by atoms with Crippen LogP contribution in [0.1, 0.15) is 42.7 Å². The molecule has 0 bridgehead atoms. The minimum absolute atomic E-state index is 0.0372. The predicted octanol–water partition coefficient (Wildman–Crippen LogP) is 5.80. The molecule has 3 rings (SSSR count). The van der Waals surface area contributed by atoms with Crippen LogP contribution in [0, 0.1) is 0 Å². The minimum atomic E-state index is -3.70. The molecule has 0 aliphatic heterocycles. The molecule has 3 aromatic rings. The van der Waals surface area contributed by atoms with Crippen LogP contribution in [0.3, 0.4) is 0 Å². The van der Waals surface area contributed by atoms with Crippen LogP contribution in [0.4, 0.5) is 11.4 Å². The van der Waals surface area contributed by atoms with Crippen LogP contribution in [0.15, 0.2) is 77.7 Å². The summed E-state index contributed by atoms with van der Waals surface area (Å²) >= 11 is 6.22. The van der Waals surface area contributed by atoms with Gasteiger partial charge in [-0.1, -0.05) is 55.8 Å². The van der Waals surface area contributed by atoms with Crippen molar-refractivity contribution >= 4 is 38.9 Å². The van der Waals surface area contributed by atoms with Gasteiger partial charge in [0.15, 0.2) is 0 Å². The van der Waals surface area contributed by atoms with Crippen molar-refractivity contribution in [2.75, 3.05) is 23.7 Å². The summed E-state index contributed by atoms with van der Waals surface area (Å²) in [5.74, 6) is -0.477. The molecular weight excluding hydrogens is 458 g/mol. The second kappa shape index (κ2) is 10.8. The van der Waals surface area contributed by atoms with E-state index in [2.05, 4.69) is 29.7 Å². The van der Waals surface area contributed by atoms with Gasteiger partial charge in [-0.05, 0) is 55.0 Å².